The number of carbonyl (C=O) groups is 3. The fraction of sp³-hybridized carbons (Fsp3) is 0.250. The highest BCUT2D eigenvalue weighted by Gasteiger charge is 2.22. The number of primary amides is 1. The van der Waals surface area contributed by atoms with E-state index in [1.807, 2.05) is 0 Å². The molecule has 0 saturated heterocycles. The number of nitrogens with two attached hydrogens (primary N) is 1. The van der Waals surface area contributed by atoms with Gasteiger partial charge in [-0.2, -0.15) is 0 Å². The maximum Gasteiger partial charge on any atom is 0.340 e. The average molecular weight is 349 g/mol. The van der Waals surface area contributed by atoms with Gasteiger partial charge in [-0.3, -0.25) is 10.1 Å². The lowest BCUT2D eigenvalue weighted by molar-refractivity contribution is -0.127. The van der Waals surface area contributed by atoms with E-state index >= 15 is 0 Å². The van der Waals surface area contributed by atoms with Crippen LogP contribution in [0.5, 0.6) is 0 Å². The van der Waals surface area contributed by atoms with Gasteiger partial charge in [0, 0.05) is 6.26 Å². The fourth-order valence-electron chi connectivity index (χ4n) is 1.39. The summed E-state index contributed by atoms with van der Waals surface area (Å²) in [5, 5.41) is 1.70. The van der Waals surface area contributed by atoms with Crippen molar-refractivity contribution in [2.75, 3.05) is 6.26 Å². The highest BCUT2D eigenvalue weighted by molar-refractivity contribution is 7.90. The molecule has 1 rings (SSSR count). The van der Waals surface area contributed by atoms with Crippen LogP contribution in [-0.4, -0.2) is 38.7 Å². The van der Waals surface area contributed by atoms with E-state index in [2.05, 4.69) is 0 Å². The summed E-state index contributed by atoms with van der Waals surface area (Å²) in [5.74, 6) is -1.93. The molecule has 0 fully saturated rings. The van der Waals surface area contributed by atoms with Crippen LogP contribution in [-0.2, 0) is 19.4 Å². The van der Waals surface area contributed by atoms with Gasteiger partial charge in [0.25, 0.3) is 5.91 Å². The van der Waals surface area contributed by atoms with Crippen LogP contribution >= 0.6 is 11.6 Å². The Kier molecular flexibility index (Phi) is 5.50. The molecule has 120 valence electrons. The minimum absolute atomic E-state index is 0.0418. The standard InChI is InChI=1S/C12H13ClN2O6S/c1-6(10(16)15-12(14)18)21-11(17)8-5-7(22(2,19)20)3-4-9(8)13/h3-6H,1-2H3,(H3,14,15,16,18)/t6-/m1/s1. The second kappa shape index (κ2) is 6.75. The third kappa shape index (κ3) is 4.71. The van der Waals surface area contributed by atoms with Gasteiger partial charge >= 0.3 is 12.0 Å². The van der Waals surface area contributed by atoms with E-state index in [-0.39, 0.29) is 15.5 Å². The summed E-state index contributed by atoms with van der Waals surface area (Å²) in [5.41, 5.74) is 4.55. The molecule has 0 aromatic heterocycles. The lowest BCUT2D eigenvalue weighted by atomic mass is 10.2. The third-order valence-corrected chi connectivity index (χ3v) is 3.93. The van der Waals surface area contributed by atoms with E-state index < -0.39 is 33.8 Å². The zero-order valence-corrected chi connectivity index (χ0v) is 13.2. The van der Waals surface area contributed by atoms with Crippen LogP contribution in [0.3, 0.4) is 0 Å². The van der Waals surface area contributed by atoms with E-state index in [1.54, 1.807) is 5.32 Å². The van der Waals surface area contributed by atoms with Gasteiger partial charge in [0.05, 0.1) is 15.5 Å². The maximum absolute atomic E-state index is 11.9. The molecule has 1 aromatic carbocycles. The SMILES string of the molecule is C[C@@H](OC(=O)c1cc(S(C)(=O)=O)ccc1Cl)C(=O)NC(N)=O. The Hall–Kier alpha value is -2.13. The van der Waals surface area contributed by atoms with Crippen LogP contribution in [0.4, 0.5) is 4.79 Å². The largest absolute Gasteiger partial charge is 0.449 e. The topological polar surface area (TPSA) is 133 Å². The molecule has 0 unspecified atom stereocenters. The number of ether oxygens (including phenoxy) is 1. The Morgan fingerprint density at radius 1 is 1.32 bits per heavy atom. The van der Waals surface area contributed by atoms with E-state index in [1.165, 1.54) is 19.1 Å². The van der Waals surface area contributed by atoms with Crippen molar-refractivity contribution < 1.29 is 27.5 Å². The van der Waals surface area contributed by atoms with Crippen molar-refractivity contribution in [2.24, 2.45) is 5.73 Å². The monoisotopic (exact) mass is 348 g/mol. The van der Waals surface area contributed by atoms with Gasteiger partial charge < -0.3 is 10.5 Å². The van der Waals surface area contributed by atoms with Crippen molar-refractivity contribution in [1.29, 1.82) is 0 Å². The maximum atomic E-state index is 11.9. The number of hydrogen-bond donors (Lipinski definition) is 2. The minimum atomic E-state index is -3.54. The molecule has 22 heavy (non-hydrogen) atoms. The summed E-state index contributed by atoms with van der Waals surface area (Å²) in [6.45, 7) is 1.21. The van der Waals surface area contributed by atoms with Crippen LogP contribution in [0.15, 0.2) is 23.1 Å². The lowest BCUT2D eigenvalue weighted by Gasteiger charge is -2.13. The van der Waals surface area contributed by atoms with Gasteiger partial charge in [0.1, 0.15) is 0 Å². The first-order chi connectivity index (χ1) is 10.0. The second-order valence-corrected chi connectivity index (χ2v) is 6.74. The quantitative estimate of drug-likeness (QED) is 0.760. The van der Waals surface area contributed by atoms with Gasteiger partial charge in [-0.15, -0.1) is 0 Å². The molecule has 0 radical (unpaired) electrons. The molecule has 0 aliphatic carbocycles. The Labute approximate surface area is 131 Å². The molecule has 0 bridgehead atoms. The fourth-order valence-corrected chi connectivity index (χ4v) is 2.23. The molecule has 8 nitrogen and oxygen atoms in total. The van der Waals surface area contributed by atoms with E-state index in [4.69, 9.17) is 22.1 Å². The molecular formula is C12H13ClN2O6S. The van der Waals surface area contributed by atoms with Crippen molar-refractivity contribution >= 4 is 39.3 Å². The molecule has 3 N–H and O–H groups in total. The Morgan fingerprint density at radius 2 is 1.91 bits per heavy atom. The number of sulfone groups is 1. The average Bonchev–Trinajstić information content (AvgIpc) is 2.36. The summed E-state index contributed by atoms with van der Waals surface area (Å²) in [7, 11) is -3.54. The Bertz CT molecular complexity index is 731. The van der Waals surface area contributed by atoms with Crippen molar-refractivity contribution in [2.45, 2.75) is 17.9 Å². The molecule has 0 spiro atoms. The van der Waals surface area contributed by atoms with Crippen LogP contribution in [0.1, 0.15) is 17.3 Å². The number of benzene rings is 1. The number of halogens is 1. The van der Waals surface area contributed by atoms with Crippen LogP contribution in [0.25, 0.3) is 0 Å². The summed E-state index contributed by atoms with van der Waals surface area (Å²) in [6, 6.07) is 2.41. The van der Waals surface area contributed by atoms with Crippen molar-refractivity contribution in [3.8, 4) is 0 Å². The molecular weight excluding hydrogens is 336 g/mol. The summed E-state index contributed by atoms with van der Waals surface area (Å²) < 4.78 is 27.7. The number of amides is 3. The van der Waals surface area contributed by atoms with Crippen LogP contribution in [0.2, 0.25) is 5.02 Å². The number of rotatable bonds is 4. The number of carbonyl (C=O) groups excluding carboxylic acids is 3. The van der Waals surface area contributed by atoms with E-state index in [9.17, 15) is 22.8 Å². The Morgan fingerprint density at radius 3 is 2.41 bits per heavy atom. The summed E-state index contributed by atoms with van der Waals surface area (Å²) in [6.07, 6.45) is -0.355. The van der Waals surface area contributed by atoms with Gasteiger partial charge in [0.15, 0.2) is 15.9 Å². The molecule has 10 heteroatoms. The number of esters is 1. The minimum Gasteiger partial charge on any atom is -0.449 e. The smallest absolute Gasteiger partial charge is 0.340 e. The first kappa shape index (κ1) is 17.9. The number of urea groups is 1. The normalized spacial score (nSPS) is 12.3. The van der Waals surface area contributed by atoms with Gasteiger partial charge in [-0.1, -0.05) is 11.6 Å². The molecule has 1 aromatic rings. The van der Waals surface area contributed by atoms with Crippen molar-refractivity contribution in [3.63, 3.8) is 0 Å². The summed E-state index contributed by atoms with van der Waals surface area (Å²) in [4.78, 5) is 33.8. The summed E-state index contributed by atoms with van der Waals surface area (Å²) >= 11 is 5.82. The Balaban J connectivity index is 2.99. The zero-order chi connectivity index (χ0) is 17.1. The van der Waals surface area contributed by atoms with Gasteiger partial charge in [-0.05, 0) is 25.1 Å². The number of imide groups is 1. The van der Waals surface area contributed by atoms with Gasteiger partial charge in [0.2, 0.25) is 0 Å². The molecule has 3 amide bonds. The van der Waals surface area contributed by atoms with E-state index in [0.29, 0.717) is 0 Å². The molecule has 0 saturated carbocycles. The first-order valence-electron chi connectivity index (χ1n) is 5.83. The van der Waals surface area contributed by atoms with Crippen LogP contribution in [0, 0.1) is 0 Å². The predicted molar refractivity (Wildman–Crippen MR) is 77.2 cm³/mol. The molecule has 0 heterocycles. The third-order valence-electron chi connectivity index (χ3n) is 2.49. The molecule has 1 atom stereocenters. The number of hydrogen-bond acceptors (Lipinski definition) is 6. The predicted octanol–water partition coefficient (Wildman–Crippen LogP) is 0.484. The lowest BCUT2D eigenvalue weighted by Crippen LogP contribution is -2.42. The van der Waals surface area contributed by atoms with E-state index in [0.717, 1.165) is 12.3 Å². The number of nitrogens with one attached hydrogen (secondary N) is 1. The van der Waals surface area contributed by atoms with Gasteiger partial charge in [-0.25, -0.2) is 18.0 Å². The first-order valence-corrected chi connectivity index (χ1v) is 8.10. The zero-order valence-electron chi connectivity index (χ0n) is 11.6. The van der Waals surface area contributed by atoms with Crippen LogP contribution < -0.4 is 11.1 Å². The second-order valence-electron chi connectivity index (χ2n) is 4.31. The molecule has 0 aliphatic rings. The van der Waals surface area contributed by atoms with Crippen molar-refractivity contribution in [1.82, 2.24) is 5.32 Å². The highest BCUT2D eigenvalue weighted by Crippen LogP contribution is 2.21. The molecule has 0 aliphatic heterocycles. The van der Waals surface area contributed by atoms with Crippen molar-refractivity contribution in [3.05, 3.63) is 28.8 Å². The highest BCUT2D eigenvalue weighted by atomic mass is 35.5.